The summed E-state index contributed by atoms with van der Waals surface area (Å²) in [5.41, 5.74) is 0.749. The predicted molar refractivity (Wildman–Crippen MR) is 91.2 cm³/mol. The highest BCUT2D eigenvalue weighted by atomic mass is 16.6. The third-order valence-corrected chi connectivity index (χ3v) is 4.11. The van der Waals surface area contributed by atoms with Crippen LogP contribution in [0, 0.1) is 0 Å². The molecule has 0 spiro atoms. The normalized spacial score (nSPS) is 19.0. The van der Waals surface area contributed by atoms with Gasteiger partial charge in [-0.15, -0.1) is 0 Å². The molecule has 1 fully saturated rings. The van der Waals surface area contributed by atoms with Crippen molar-refractivity contribution in [3.05, 3.63) is 18.2 Å². The first-order chi connectivity index (χ1) is 12.2. The molecule has 0 bridgehead atoms. The third-order valence-electron chi connectivity index (χ3n) is 4.11. The van der Waals surface area contributed by atoms with Crippen molar-refractivity contribution in [3.8, 4) is 11.5 Å². The lowest BCUT2D eigenvalue weighted by molar-refractivity contribution is -0.117. The first kappa shape index (κ1) is 17.3. The summed E-state index contributed by atoms with van der Waals surface area (Å²) in [4.78, 5) is 25.8. The van der Waals surface area contributed by atoms with Gasteiger partial charge in [-0.05, 0) is 18.6 Å². The van der Waals surface area contributed by atoms with Gasteiger partial charge in [0, 0.05) is 45.0 Å². The molecule has 1 aromatic rings. The number of rotatable bonds is 6. The van der Waals surface area contributed by atoms with Gasteiger partial charge >= 0.3 is 6.03 Å². The van der Waals surface area contributed by atoms with Crippen LogP contribution in [-0.4, -0.2) is 58.0 Å². The number of carbonyl (C=O) groups excluding carboxylic acids is 2. The molecule has 8 nitrogen and oxygen atoms in total. The fourth-order valence-corrected chi connectivity index (χ4v) is 2.91. The van der Waals surface area contributed by atoms with Gasteiger partial charge in [0.2, 0.25) is 5.91 Å². The Bertz CT molecular complexity index is 637. The SMILES string of the molecule is COCCCNC(=O)N[C@H]1CC(=O)N(c2ccc3c(c2)OCCO3)C1. The molecule has 1 atom stereocenters. The van der Waals surface area contributed by atoms with Gasteiger partial charge in [0.1, 0.15) is 13.2 Å². The molecule has 25 heavy (non-hydrogen) atoms. The molecular weight excluding hydrogens is 326 g/mol. The lowest BCUT2D eigenvalue weighted by Crippen LogP contribution is -2.43. The average molecular weight is 349 g/mol. The fourth-order valence-electron chi connectivity index (χ4n) is 2.91. The minimum Gasteiger partial charge on any atom is -0.486 e. The number of hydrogen-bond donors (Lipinski definition) is 2. The maximum Gasteiger partial charge on any atom is 0.315 e. The molecule has 2 aliphatic rings. The lowest BCUT2D eigenvalue weighted by atomic mass is 10.2. The van der Waals surface area contributed by atoms with E-state index in [2.05, 4.69) is 10.6 Å². The number of nitrogens with zero attached hydrogens (tertiary/aromatic N) is 1. The zero-order chi connectivity index (χ0) is 17.6. The molecule has 3 rings (SSSR count). The highest BCUT2D eigenvalue weighted by molar-refractivity contribution is 5.97. The number of nitrogens with one attached hydrogen (secondary N) is 2. The summed E-state index contributed by atoms with van der Waals surface area (Å²) in [5.74, 6) is 1.30. The Labute approximate surface area is 146 Å². The Balaban J connectivity index is 1.54. The Kier molecular flexibility index (Phi) is 5.60. The van der Waals surface area contributed by atoms with Crippen molar-refractivity contribution in [2.45, 2.75) is 18.9 Å². The topological polar surface area (TPSA) is 89.1 Å². The van der Waals surface area contributed by atoms with Crippen LogP contribution in [0.4, 0.5) is 10.5 Å². The maximum absolute atomic E-state index is 12.3. The quantitative estimate of drug-likeness (QED) is 0.745. The Hall–Kier alpha value is -2.48. The summed E-state index contributed by atoms with van der Waals surface area (Å²) >= 11 is 0. The molecule has 8 heteroatoms. The smallest absolute Gasteiger partial charge is 0.315 e. The van der Waals surface area contributed by atoms with Crippen molar-refractivity contribution >= 4 is 17.6 Å². The van der Waals surface area contributed by atoms with Gasteiger partial charge in [-0.3, -0.25) is 4.79 Å². The van der Waals surface area contributed by atoms with Gasteiger partial charge in [-0.1, -0.05) is 0 Å². The Morgan fingerprint density at radius 2 is 2.12 bits per heavy atom. The van der Waals surface area contributed by atoms with Crippen LogP contribution >= 0.6 is 0 Å². The van der Waals surface area contributed by atoms with Crippen LogP contribution in [0.25, 0.3) is 0 Å². The standard InChI is InChI=1S/C17H23N3O5/c1-23-6-2-5-18-17(22)19-12-9-16(21)20(11-12)13-3-4-14-15(10-13)25-8-7-24-14/h3-4,10,12H,2,5-9,11H2,1H3,(H2,18,19,22)/t12-/m0/s1. The van der Waals surface area contributed by atoms with E-state index in [1.807, 2.05) is 6.07 Å². The molecule has 136 valence electrons. The number of urea groups is 1. The van der Waals surface area contributed by atoms with Crippen LogP contribution in [0.3, 0.4) is 0 Å². The number of hydrogen-bond acceptors (Lipinski definition) is 5. The number of anilines is 1. The van der Waals surface area contributed by atoms with Crippen molar-refractivity contribution in [1.82, 2.24) is 10.6 Å². The van der Waals surface area contributed by atoms with Gasteiger partial charge in [0.15, 0.2) is 11.5 Å². The van der Waals surface area contributed by atoms with Gasteiger partial charge in [-0.25, -0.2) is 4.79 Å². The van der Waals surface area contributed by atoms with Crippen molar-refractivity contribution in [3.63, 3.8) is 0 Å². The van der Waals surface area contributed by atoms with Crippen molar-refractivity contribution in [2.75, 3.05) is 44.9 Å². The molecule has 0 radical (unpaired) electrons. The zero-order valence-corrected chi connectivity index (χ0v) is 14.2. The molecule has 0 saturated carbocycles. The lowest BCUT2D eigenvalue weighted by Gasteiger charge is -2.22. The molecular formula is C17H23N3O5. The number of carbonyl (C=O) groups is 2. The van der Waals surface area contributed by atoms with Crippen LogP contribution in [-0.2, 0) is 9.53 Å². The number of methoxy groups -OCH3 is 1. The monoisotopic (exact) mass is 349 g/mol. The average Bonchev–Trinajstić information content (AvgIpc) is 2.98. The summed E-state index contributed by atoms with van der Waals surface area (Å²) in [6, 6.07) is 4.96. The first-order valence-corrected chi connectivity index (χ1v) is 8.40. The van der Waals surface area contributed by atoms with E-state index in [9.17, 15) is 9.59 Å². The van der Waals surface area contributed by atoms with E-state index in [0.717, 1.165) is 12.1 Å². The summed E-state index contributed by atoms with van der Waals surface area (Å²) in [5, 5.41) is 5.60. The molecule has 0 unspecified atom stereocenters. The third kappa shape index (κ3) is 4.33. The van der Waals surface area contributed by atoms with Crippen molar-refractivity contribution in [1.29, 1.82) is 0 Å². The highest BCUT2D eigenvalue weighted by Crippen LogP contribution is 2.35. The number of fused-ring (bicyclic) bond motifs is 1. The minimum absolute atomic E-state index is 0.0265. The van der Waals surface area contributed by atoms with E-state index in [4.69, 9.17) is 14.2 Å². The molecule has 2 aliphatic heterocycles. The molecule has 3 amide bonds. The highest BCUT2D eigenvalue weighted by Gasteiger charge is 2.32. The number of benzene rings is 1. The molecule has 2 N–H and O–H groups in total. The number of amides is 3. The van der Waals surface area contributed by atoms with Crippen LogP contribution in [0.5, 0.6) is 11.5 Å². The van der Waals surface area contributed by atoms with Crippen molar-refractivity contribution < 1.29 is 23.8 Å². The molecule has 0 aliphatic carbocycles. The predicted octanol–water partition coefficient (Wildman–Crippen LogP) is 0.899. The summed E-state index contributed by atoms with van der Waals surface area (Å²) in [7, 11) is 1.62. The Morgan fingerprint density at radius 1 is 1.32 bits per heavy atom. The van der Waals surface area contributed by atoms with Gasteiger partial charge in [0.05, 0.1) is 6.04 Å². The van der Waals surface area contributed by atoms with E-state index < -0.39 is 0 Å². The molecule has 2 heterocycles. The largest absolute Gasteiger partial charge is 0.486 e. The maximum atomic E-state index is 12.3. The van der Waals surface area contributed by atoms with Crippen LogP contribution in [0.2, 0.25) is 0 Å². The molecule has 1 aromatic carbocycles. The summed E-state index contributed by atoms with van der Waals surface area (Å²) in [6.45, 7) is 2.59. The van der Waals surface area contributed by atoms with Crippen molar-refractivity contribution in [2.24, 2.45) is 0 Å². The molecule has 0 aromatic heterocycles. The fraction of sp³-hybridized carbons (Fsp3) is 0.529. The summed E-state index contributed by atoms with van der Waals surface area (Å²) in [6.07, 6.45) is 1.02. The second kappa shape index (κ2) is 8.06. The van der Waals surface area contributed by atoms with Gasteiger partial charge in [-0.2, -0.15) is 0 Å². The van der Waals surface area contributed by atoms with Gasteiger partial charge in [0.25, 0.3) is 0 Å². The summed E-state index contributed by atoms with van der Waals surface area (Å²) < 4.78 is 16.0. The van der Waals surface area contributed by atoms with Crippen LogP contribution in [0.15, 0.2) is 18.2 Å². The van der Waals surface area contributed by atoms with Crippen LogP contribution < -0.4 is 25.0 Å². The second-order valence-corrected chi connectivity index (χ2v) is 5.98. The van der Waals surface area contributed by atoms with E-state index >= 15 is 0 Å². The second-order valence-electron chi connectivity index (χ2n) is 5.98. The Morgan fingerprint density at radius 3 is 2.92 bits per heavy atom. The minimum atomic E-state index is -0.266. The van der Waals surface area contributed by atoms with Gasteiger partial charge < -0.3 is 29.7 Å². The zero-order valence-electron chi connectivity index (χ0n) is 14.2. The van der Waals surface area contributed by atoms with E-state index in [1.165, 1.54) is 0 Å². The van der Waals surface area contributed by atoms with E-state index in [-0.39, 0.29) is 24.4 Å². The van der Waals surface area contributed by atoms with E-state index in [1.54, 1.807) is 24.1 Å². The van der Waals surface area contributed by atoms with Crippen LogP contribution in [0.1, 0.15) is 12.8 Å². The number of ether oxygens (including phenoxy) is 3. The molecule has 1 saturated heterocycles. The first-order valence-electron chi connectivity index (χ1n) is 8.40. The van der Waals surface area contributed by atoms with E-state index in [0.29, 0.717) is 44.4 Å².